The molecule has 0 amide bonds. The zero-order chi connectivity index (χ0) is 12.1. The average Bonchev–Trinajstić information content (AvgIpc) is 2.19. The summed E-state index contributed by atoms with van der Waals surface area (Å²) in [4.78, 5) is 14.3. The second-order valence-corrected chi connectivity index (χ2v) is 3.81. The smallest absolute Gasteiger partial charge is 0.277 e. The number of nitrogens with two attached hydrogens (primary N) is 1. The molecule has 0 radical (unpaired) electrons. The third-order valence-electron chi connectivity index (χ3n) is 2.18. The van der Waals surface area contributed by atoms with Gasteiger partial charge in [-0.1, -0.05) is 0 Å². The molecule has 0 aromatic carbocycles. The van der Waals surface area contributed by atoms with E-state index in [1.807, 2.05) is 6.92 Å². The van der Waals surface area contributed by atoms with Crippen LogP contribution >= 0.6 is 0 Å². The van der Waals surface area contributed by atoms with Gasteiger partial charge in [0.2, 0.25) is 0 Å². The van der Waals surface area contributed by atoms with Crippen LogP contribution < -0.4 is 11.1 Å². The van der Waals surface area contributed by atoms with Gasteiger partial charge in [0, 0.05) is 24.3 Å². The fourth-order valence-electron chi connectivity index (χ4n) is 1.23. The van der Waals surface area contributed by atoms with Gasteiger partial charge >= 0.3 is 0 Å². The number of nitro groups is 1. The summed E-state index contributed by atoms with van der Waals surface area (Å²) in [6.45, 7) is 4.23. The minimum Gasteiger partial charge on any atom is -0.370 e. The van der Waals surface area contributed by atoms with E-state index in [0.29, 0.717) is 17.9 Å². The zero-order valence-electron chi connectivity index (χ0n) is 9.43. The molecule has 0 saturated carbocycles. The Labute approximate surface area is 94.0 Å². The molecule has 1 rings (SSSR count). The van der Waals surface area contributed by atoms with Crippen molar-refractivity contribution in [3.63, 3.8) is 0 Å². The Kier molecular flexibility index (Phi) is 4.19. The van der Waals surface area contributed by atoms with Gasteiger partial charge < -0.3 is 11.1 Å². The lowest BCUT2D eigenvalue weighted by Crippen LogP contribution is -2.19. The number of nitrogens with zero attached hydrogens (tertiary/aromatic N) is 2. The van der Waals surface area contributed by atoms with Gasteiger partial charge in [-0.15, -0.1) is 0 Å². The summed E-state index contributed by atoms with van der Waals surface area (Å²) in [7, 11) is 0. The van der Waals surface area contributed by atoms with Gasteiger partial charge in [-0.3, -0.25) is 10.1 Å². The van der Waals surface area contributed by atoms with E-state index in [9.17, 15) is 10.1 Å². The van der Waals surface area contributed by atoms with Crippen LogP contribution in [0.25, 0.3) is 0 Å². The topological polar surface area (TPSA) is 94.1 Å². The lowest BCUT2D eigenvalue weighted by Gasteiger charge is -2.07. The molecule has 0 aliphatic rings. The number of pyridine rings is 1. The number of aryl methyl sites for hydroxylation is 1. The first kappa shape index (κ1) is 12.4. The fraction of sp³-hybridized carbons (Fsp3) is 0.500. The molecular formula is C10H16N4O2. The Morgan fingerprint density at radius 3 is 2.94 bits per heavy atom. The van der Waals surface area contributed by atoms with Crippen LogP contribution in [0.15, 0.2) is 12.3 Å². The second kappa shape index (κ2) is 5.41. The van der Waals surface area contributed by atoms with Gasteiger partial charge in [0.1, 0.15) is 5.82 Å². The van der Waals surface area contributed by atoms with Crippen molar-refractivity contribution in [2.75, 3.05) is 11.9 Å². The molecule has 0 aliphatic heterocycles. The van der Waals surface area contributed by atoms with E-state index in [0.717, 1.165) is 6.42 Å². The molecule has 16 heavy (non-hydrogen) atoms. The first-order valence-electron chi connectivity index (χ1n) is 5.11. The van der Waals surface area contributed by atoms with Crippen molar-refractivity contribution >= 4 is 11.5 Å². The standard InChI is InChI=1S/C10H16N4O2/c1-7-6-13-10(5-9(7)14(15)16)12-4-3-8(2)11/h5-6,8H,3-4,11H2,1-2H3,(H,12,13). The summed E-state index contributed by atoms with van der Waals surface area (Å²) >= 11 is 0. The molecule has 1 heterocycles. The van der Waals surface area contributed by atoms with E-state index in [1.54, 1.807) is 6.92 Å². The molecule has 1 aromatic rings. The largest absolute Gasteiger partial charge is 0.370 e. The van der Waals surface area contributed by atoms with Crippen molar-refractivity contribution < 1.29 is 4.92 Å². The third-order valence-corrected chi connectivity index (χ3v) is 2.18. The highest BCUT2D eigenvalue weighted by atomic mass is 16.6. The highest BCUT2D eigenvalue weighted by Gasteiger charge is 2.11. The molecule has 0 saturated heterocycles. The van der Waals surface area contributed by atoms with Crippen molar-refractivity contribution in [3.8, 4) is 0 Å². The first-order valence-corrected chi connectivity index (χ1v) is 5.11. The zero-order valence-corrected chi connectivity index (χ0v) is 9.43. The summed E-state index contributed by atoms with van der Waals surface area (Å²) in [6.07, 6.45) is 2.29. The SMILES string of the molecule is Cc1cnc(NCCC(C)N)cc1[N+](=O)[O-]. The Bertz CT molecular complexity index is 379. The van der Waals surface area contributed by atoms with E-state index in [1.165, 1.54) is 12.3 Å². The molecule has 1 unspecified atom stereocenters. The molecule has 0 bridgehead atoms. The predicted octanol–water partition coefficient (Wildman–Crippen LogP) is 1.45. The highest BCUT2D eigenvalue weighted by molar-refractivity contribution is 5.48. The maximum Gasteiger partial charge on any atom is 0.277 e. The van der Waals surface area contributed by atoms with Gasteiger partial charge in [-0.05, 0) is 20.3 Å². The molecule has 0 aliphatic carbocycles. The number of rotatable bonds is 5. The molecule has 0 fully saturated rings. The van der Waals surface area contributed by atoms with Crippen LogP contribution in [0.5, 0.6) is 0 Å². The van der Waals surface area contributed by atoms with E-state index in [2.05, 4.69) is 10.3 Å². The maximum absolute atomic E-state index is 10.7. The highest BCUT2D eigenvalue weighted by Crippen LogP contribution is 2.19. The molecule has 3 N–H and O–H groups in total. The van der Waals surface area contributed by atoms with Crippen LogP contribution in [0.1, 0.15) is 18.9 Å². The van der Waals surface area contributed by atoms with Crippen molar-refractivity contribution in [1.29, 1.82) is 0 Å². The number of nitrogens with one attached hydrogen (secondary N) is 1. The third kappa shape index (κ3) is 3.47. The van der Waals surface area contributed by atoms with Crippen molar-refractivity contribution in [2.24, 2.45) is 5.73 Å². The van der Waals surface area contributed by atoms with E-state index in [4.69, 9.17) is 5.73 Å². The van der Waals surface area contributed by atoms with Crippen molar-refractivity contribution in [3.05, 3.63) is 27.9 Å². The average molecular weight is 224 g/mol. The van der Waals surface area contributed by atoms with Crippen LogP contribution in [0.3, 0.4) is 0 Å². The summed E-state index contributed by atoms with van der Waals surface area (Å²) < 4.78 is 0. The van der Waals surface area contributed by atoms with Crippen LogP contribution in [0.4, 0.5) is 11.5 Å². The normalized spacial score (nSPS) is 12.2. The Morgan fingerprint density at radius 1 is 1.69 bits per heavy atom. The molecule has 6 heteroatoms. The number of hydrogen-bond donors (Lipinski definition) is 2. The second-order valence-electron chi connectivity index (χ2n) is 3.81. The van der Waals surface area contributed by atoms with Gasteiger partial charge in [0.15, 0.2) is 0 Å². The minimum atomic E-state index is -0.409. The summed E-state index contributed by atoms with van der Waals surface area (Å²) in [5.41, 5.74) is 6.23. The van der Waals surface area contributed by atoms with E-state index in [-0.39, 0.29) is 11.7 Å². The van der Waals surface area contributed by atoms with Gasteiger partial charge in [0.05, 0.1) is 11.0 Å². The van der Waals surface area contributed by atoms with E-state index >= 15 is 0 Å². The lowest BCUT2D eigenvalue weighted by molar-refractivity contribution is -0.385. The summed E-state index contributed by atoms with van der Waals surface area (Å²) in [5.74, 6) is 0.512. The van der Waals surface area contributed by atoms with Crippen LogP contribution in [0, 0.1) is 17.0 Å². The lowest BCUT2D eigenvalue weighted by atomic mass is 10.2. The molecule has 0 spiro atoms. The van der Waals surface area contributed by atoms with Gasteiger partial charge in [0.25, 0.3) is 5.69 Å². The van der Waals surface area contributed by atoms with E-state index < -0.39 is 4.92 Å². The summed E-state index contributed by atoms with van der Waals surface area (Å²) in [6, 6.07) is 1.55. The predicted molar refractivity (Wildman–Crippen MR) is 62.4 cm³/mol. The summed E-state index contributed by atoms with van der Waals surface area (Å²) in [5, 5.41) is 13.7. The monoisotopic (exact) mass is 224 g/mol. The molecule has 88 valence electrons. The Hall–Kier alpha value is -1.69. The van der Waals surface area contributed by atoms with Crippen molar-refractivity contribution in [1.82, 2.24) is 4.98 Å². The van der Waals surface area contributed by atoms with Crippen LogP contribution in [-0.2, 0) is 0 Å². The number of hydrogen-bond acceptors (Lipinski definition) is 5. The fourth-order valence-corrected chi connectivity index (χ4v) is 1.23. The minimum absolute atomic E-state index is 0.0818. The number of anilines is 1. The molecule has 6 nitrogen and oxygen atoms in total. The number of aromatic nitrogens is 1. The van der Waals surface area contributed by atoms with Gasteiger partial charge in [-0.25, -0.2) is 4.98 Å². The molecular weight excluding hydrogens is 208 g/mol. The van der Waals surface area contributed by atoms with Gasteiger partial charge in [-0.2, -0.15) is 0 Å². The first-order chi connectivity index (χ1) is 7.50. The molecule has 1 atom stereocenters. The van der Waals surface area contributed by atoms with Crippen LogP contribution in [0.2, 0.25) is 0 Å². The molecule has 1 aromatic heterocycles. The Balaban J connectivity index is 2.68. The quantitative estimate of drug-likeness (QED) is 0.583. The Morgan fingerprint density at radius 2 is 2.38 bits per heavy atom. The van der Waals surface area contributed by atoms with Crippen LogP contribution in [-0.4, -0.2) is 22.5 Å². The maximum atomic E-state index is 10.7. The van der Waals surface area contributed by atoms with Crippen molar-refractivity contribution in [2.45, 2.75) is 26.3 Å².